The molecule has 1 N–H and O–H groups in total. The molecule has 4 nitrogen and oxygen atoms in total. The third-order valence-corrected chi connectivity index (χ3v) is 4.87. The van der Waals surface area contributed by atoms with Gasteiger partial charge in [0.25, 0.3) is 5.91 Å². The summed E-state index contributed by atoms with van der Waals surface area (Å²) in [4.78, 5) is 14.6. The number of benzene rings is 2. The Balaban J connectivity index is 1.86. The van der Waals surface area contributed by atoms with Gasteiger partial charge in [-0.05, 0) is 25.2 Å². The number of aliphatic hydroxyl groups is 1. The van der Waals surface area contributed by atoms with Crippen LogP contribution in [0.1, 0.15) is 29.0 Å². The molecular formula is C19H19NO3. The summed E-state index contributed by atoms with van der Waals surface area (Å²) in [5.41, 5.74) is 1.64. The van der Waals surface area contributed by atoms with E-state index in [0.717, 1.165) is 40.1 Å². The predicted molar refractivity (Wildman–Crippen MR) is 89.6 cm³/mol. The van der Waals surface area contributed by atoms with Crippen molar-refractivity contribution in [3.05, 3.63) is 47.7 Å². The maximum atomic E-state index is 12.9. The molecule has 4 rings (SSSR count). The SMILES string of the molecule is Cc1c(C(=O)N2CCC[C@@H]2CO)oc2c1ccc1ccccc12. The summed E-state index contributed by atoms with van der Waals surface area (Å²) in [5, 5.41) is 12.6. The highest BCUT2D eigenvalue weighted by atomic mass is 16.3. The lowest BCUT2D eigenvalue weighted by atomic mass is 10.1. The number of likely N-dealkylation sites (tertiary alicyclic amines) is 1. The largest absolute Gasteiger partial charge is 0.450 e. The highest BCUT2D eigenvalue weighted by Gasteiger charge is 2.32. The number of rotatable bonds is 2. The van der Waals surface area contributed by atoms with Crippen LogP contribution in [-0.4, -0.2) is 35.1 Å². The van der Waals surface area contributed by atoms with Crippen molar-refractivity contribution < 1.29 is 14.3 Å². The van der Waals surface area contributed by atoms with E-state index in [-0.39, 0.29) is 18.6 Å². The van der Waals surface area contributed by atoms with Gasteiger partial charge >= 0.3 is 0 Å². The molecule has 0 aliphatic carbocycles. The third kappa shape index (κ3) is 2.13. The van der Waals surface area contributed by atoms with Gasteiger partial charge in [0, 0.05) is 22.9 Å². The van der Waals surface area contributed by atoms with Crippen LogP contribution in [0.3, 0.4) is 0 Å². The van der Waals surface area contributed by atoms with E-state index >= 15 is 0 Å². The molecule has 1 aliphatic heterocycles. The zero-order valence-electron chi connectivity index (χ0n) is 13.1. The van der Waals surface area contributed by atoms with Crippen molar-refractivity contribution in [1.29, 1.82) is 0 Å². The van der Waals surface area contributed by atoms with Gasteiger partial charge in [-0.1, -0.05) is 36.4 Å². The lowest BCUT2D eigenvalue weighted by molar-refractivity contribution is 0.0647. The summed E-state index contributed by atoms with van der Waals surface area (Å²) < 4.78 is 6.01. The minimum absolute atomic E-state index is 0.00788. The molecule has 1 amide bonds. The number of aliphatic hydroxyl groups excluding tert-OH is 1. The topological polar surface area (TPSA) is 53.7 Å². The van der Waals surface area contributed by atoms with Crippen LogP contribution in [0.5, 0.6) is 0 Å². The fourth-order valence-corrected chi connectivity index (χ4v) is 3.58. The first-order valence-electron chi connectivity index (χ1n) is 8.03. The molecule has 0 spiro atoms. The van der Waals surface area contributed by atoms with Crippen molar-refractivity contribution in [2.45, 2.75) is 25.8 Å². The van der Waals surface area contributed by atoms with Gasteiger partial charge in [0.05, 0.1) is 12.6 Å². The first kappa shape index (κ1) is 14.3. The molecular weight excluding hydrogens is 290 g/mol. The first-order chi connectivity index (χ1) is 11.2. The smallest absolute Gasteiger partial charge is 0.290 e. The number of furan rings is 1. The van der Waals surface area contributed by atoms with Crippen LogP contribution in [0.2, 0.25) is 0 Å². The maximum Gasteiger partial charge on any atom is 0.290 e. The number of hydrogen-bond acceptors (Lipinski definition) is 3. The lowest BCUT2D eigenvalue weighted by Gasteiger charge is -2.22. The van der Waals surface area contributed by atoms with Crippen LogP contribution in [0.4, 0.5) is 0 Å². The molecule has 0 saturated carbocycles. The molecule has 0 bridgehead atoms. The van der Waals surface area contributed by atoms with Gasteiger partial charge < -0.3 is 14.4 Å². The number of carbonyl (C=O) groups is 1. The van der Waals surface area contributed by atoms with E-state index in [1.807, 2.05) is 37.3 Å². The normalized spacial score (nSPS) is 18.2. The summed E-state index contributed by atoms with van der Waals surface area (Å²) in [6.45, 7) is 2.62. The van der Waals surface area contributed by atoms with Crippen molar-refractivity contribution in [2.75, 3.05) is 13.2 Å². The van der Waals surface area contributed by atoms with Crippen LogP contribution in [0.25, 0.3) is 21.7 Å². The van der Waals surface area contributed by atoms with Gasteiger partial charge in [0.15, 0.2) is 5.76 Å². The van der Waals surface area contributed by atoms with Crippen LogP contribution in [0, 0.1) is 6.92 Å². The van der Waals surface area contributed by atoms with Crippen LogP contribution < -0.4 is 0 Å². The standard InChI is InChI=1S/C19H19NO3/c1-12-15-9-8-13-5-2-3-7-16(13)18(15)23-17(12)19(22)20-10-4-6-14(20)11-21/h2-3,5,7-9,14,21H,4,6,10-11H2,1H3/t14-/m1/s1. The van der Waals surface area contributed by atoms with Crippen LogP contribution in [-0.2, 0) is 0 Å². The second kappa shape index (κ2) is 5.39. The highest BCUT2D eigenvalue weighted by molar-refractivity contribution is 6.08. The van der Waals surface area contributed by atoms with E-state index < -0.39 is 0 Å². The lowest BCUT2D eigenvalue weighted by Crippen LogP contribution is -2.37. The Morgan fingerprint density at radius 3 is 2.91 bits per heavy atom. The number of hydrogen-bond donors (Lipinski definition) is 1. The molecule has 2 aromatic carbocycles. The first-order valence-corrected chi connectivity index (χ1v) is 8.03. The van der Waals surface area contributed by atoms with E-state index in [4.69, 9.17) is 4.42 Å². The Morgan fingerprint density at radius 1 is 1.26 bits per heavy atom. The second-order valence-electron chi connectivity index (χ2n) is 6.20. The Hall–Kier alpha value is -2.33. The number of nitrogens with zero attached hydrogens (tertiary/aromatic N) is 1. The number of aryl methyl sites for hydroxylation is 1. The summed E-state index contributed by atoms with van der Waals surface area (Å²) in [6, 6.07) is 12.0. The van der Waals surface area contributed by atoms with Gasteiger partial charge in [-0.15, -0.1) is 0 Å². The quantitative estimate of drug-likeness (QED) is 0.788. The van der Waals surface area contributed by atoms with Gasteiger partial charge in [-0.3, -0.25) is 4.79 Å². The van der Waals surface area contributed by atoms with E-state index in [0.29, 0.717) is 12.3 Å². The van der Waals surface area contributed by atoms with Gasteiger partial charge in [0.2, 0.25) is 0 Å². The molecule has 4 heteroatoms. The van der Waals surface area contributed by atoms with Gasteiger partial charge in [-0.2, -0.15) is 0 Å². The number of amides is 1. The molecule has 118 valence electrons. The molecule has 1 saturated heterocycles. The molecule has 2 heterocycles. The third-order valence-electron chi connectivity index (χ3n) is 4.87. The highest BCUT2D eigenvalue weighted by Crippen LogP contribution is 2.33. The van der Waals surface area contributed by atoms with Gasteiger partial charge in [0.1, 0.15) is 5.58 Å². The zero-order valence-corrected chi connectivity index (χ0v) is 13.1. The summed E-state index contributed by atoms with van der Waals surface area (Å²) >= 11 is 0. The summed E-state index contributed by atoms with van der Waals surface area (Å²) in [6.07, 6.45) is 1.78. The van der Waals surface area contributed by atoms with Crippen molar-refractivity contribution in [1.82, 2.24) is 4.90 Å². The Labute approximate surface area is 134 Å². The second-order valence-corrected chi connectivity index (χ2v) is 6.20. The number of carbonyl (C=O) groups excluding carboxylic acids is 1. The minimum Gasteiger partial charge on any atom is -0.450 e. The molecule has 1 aromatic heterocycles. The van der Waals surface area contributed by atoms with E-state index in [2.05, 4.69) is 6.07 Å². The average molecular weight is 309 g/mol. The molecule has 23 heavy (non-hydrogen) atoms. The van der Waals surface area contributed by atoms with Crippen molar-refractivity contribution in [3.63, 3.8) is 0 Å². The van der Waals surface area contributed by atoms with E-state index in [1.165, 1.54) is 0 Å². The molecule has 1 fully saturated rings. The molecule has 0 unspecified atom stereocenters. The summed E-state index contributed by atoms with van der Waals surface area (Å²) in [7, 11) is 0. The van der Waals surface area contributed by atoms with E-state index in [9.17, 15) is 9.90 Å². The van der Waals surface area contributed by atoms with Crippen molar-refractivity contribution in [2.24, 2.45) is 0 Å². The predicted octanol–water partition coefficient (Wildman–Crippen LogP) is 3.49. The summed E-state index contributed by atoms with van der Waals surface area (Å²) in [5.74, 6) is 0.288. The fourth-order valence-electron chi connectivity index (χ4n) is 3.58. The van der Waals surface area contributed by atoms with Crippen LogP contribution in [0.15, 0.2) is 40.8 Å². The number of fused-ring (bicyclic) bond motifs is 3. The molecule has 1 aliphatic rings. The molecule has 1 atom stereocenters. The molecule has 3 aromatic rings. The minimum atomic E-state index is -0.112. The van der Waals surface area contributed by atoms with E-state index in [1.54, 1.807) is 4.90 Å². The maximum absolute atomic E-state index is 12.9. The van der Waals surface area contributed by atoms with Crippen molar-refractivity contribution >= 4 is 27.6 Å². The zero-order chi connectivity index (χ0) is 16.0. The van der Waals surface area contributed by atoms with Crippen LogP contribution >= 0.6 is 0 Å². The van der Waals surface area contributed by atoms with Gasteiger partial charge in [-0.25, -0.2) is 0 Å². The van der Waals surface area contributed by atoms with Crippen molar-refractivity contribution in [3.8, 4) is 0 Å². The Kier molecular flexibility index (Phi) is 3.34. The molecule has 0 radical (unpaired) electrons. The Bertz CT molecular complexity index is 896. The monoisotopic (exact) mass is 309 g/mol. The average Bonchev–Trinajstić information content (AvgIpc) is 3.19. The Morgan fingerprint density at radius 2 is 2.09 bits per heavy atom. The fraction of sp³-hybridized carbons (Fsp3) is 0.316.